The number of pyridine rings is 1. The van der Waals surface area contributed by atoms with Gasteiger partial charge >= 0.3 is 0 Å². The van der Waals surface area contributed by atoms with E-state index in [2.05, 4.69) is 24.0 Å². The molecule has 0 saturated carbocycles. The number of epoxide rings is 1. The molecule has 1 aromatic heterocycles. The summed E-state index contributed by atoms with van der Waals surface area (Å²) in [7, 11) is 0. The summed E-state index contributed by atoms with van der Waals surface area (Å²) in [4.78, 5) is 4.28. The van der Waals surface area contributed by atoms with E-state index >= 15 is 0 Å². The van der Waals surface area contributed by atoms with Crippen molar-refractivity contribution in [1.29, 1.82) is 0 Å². The Labute approximate surface area is 66.2 Å². The summed E-state index contributed by atoms with van der Waals surface area (Å²) in [5.41, 5.74) is 2.36. The van der Waals surface area contributed by atoms with Crippen molar-refractivity contribution in [3.05, 3.63) is 29.6 Å². The highest BCUT2D eigenvalue weighted by molar-refractivity contribution is 5.18. The third-order valence-electron chi connectivity index (χ3n) is 1.91. The highest BCUT2D eigenvalue weighted by Gasteiger charge is 2.24. The van der Waals surface area contributed by atoms with E-state index in [1.807, 2.05) is 6.20 Å². The summed E-state index contributed by atoms with van der Waals surface area (Å²) in [6, 6.07) is 4.17. The van der Waals surface area contributed by atoms with Crippen LogP contribution in [0.5, 0.6) is 0 Å². The van der Waals surface area contributed by atoms with Crippen LogP contribution < -0.4 is 0 Å². The van der Waals surface area contributed by atoms with Gasteiger partial charge in [0, 0.05) is 17.5 Å². The summed E-state index contributed by atoms with van der Waals surface area (Å²) in [6.07, 6.45) is 3.26. The molecule has 0 amide bonds. The van der Waals surface area contributed by atoms with Gasteiger partial charge in [0.15, 0.2) is 0 Å². The highest BCUT2D eigenvalue weighted by Crippen LogP contribution is 2.28. The summed E-state index contributed by atoms with van der Waals surface area (Å²) >= 11 is 0. The average Bonchev–Trinajstić information content (AvgIpc) is 2.87. The molecule has 0 spiro atoms. The number of hydrogen-bond acceptors (Lipinski definition) is 2. The molecule has 1 fully saturated rings. The number of aryl methyl sites for hydroxylation is 1. The van der Waals surface area contributed by atoms with Gasteiger partial charge in [-0.25, -0.2) is 0 Å². The van der Waals surface area contributed by atoms with Crippen LogP contribution in [0.2, 0.25) is 0 Å². The van der Waals surface area contributed by atoms with Gasteiger partial charge in [0.25, 0.3) is 0 Å². The molecule has 1 aliphatic rings. The molecule has 0 N–H and O–H groups in total. The van der Waals surface area contributed by atoms with E-state index in [1.54, 1.807) is 0 Å². The molecule has 2 nitrogen and oxygen atoms in total. The fourth-order valence-corrected chi connectivity index (χ4v) is 1.08. The van der Waals surface area contributed by atoms with Crippen molar-refractivity contribution < 1.29 is 4.74 Å². The quantitative estimate of drug-likeness (QED) is 0.598. The van der Waals surface area contributed by atoms with Crippen LogP contribution in [0.1, 0.15) is 24.3 Å². The Bertz CT molecular complexity index is 238. The van der Waals surface area contributed by atoms with Crippen LogP contribution >= 0.6 is 0 Å². The SMILES string of the molecule is CCc1ccc(C2CO2)cn1. The largest absolute Gasteiger partial charge is 0.368 e. The van der Waals surface area contributed by atoms with Gasteiger partial charge in [-0.05, 0) is 12.5 Å². The van der Waals surface area contributed by atoms with E-state index in [1.165, 1.54) is 5.56 Å². The van der Waals surface area contributed by atoms with E-state index in [-0.39, 0.29) is 0 Å². The Morgan fingerprint density at radius 2 is 2.45 bits per heavy atom. The molecular formula is C9H11NO. The summed E-state index contributed by atoms with van der Waals surface area (Å²) in [5.74, 6) is 0. The first-order valence-electron chi connectivity index (χ1n) is 3.96. The zero-order valence-electron chi connectivity index (χ0n) is 6.58. The molecule has 1 atom stereocenters. The fraction of sp³-hybridized carbons (Fsp3) is 0.444. The molecule has 58 valence electrons. The number of aromatic nitrogens is 1. The Morgan fingerprint density at radius 3 is 2.91 bits per heavy atom. The molecule has 1 aromatic rings. The van der Waals surface area contributed by atoms with Crippen LogP contribution in [0, 0.1) is 0 Å². The van der Waals surface area contributed by atoms with Crippen molar-refractivity contribution in [2.75, 3.05) is 6.61 Å². The molecule has 2 rings (SSSR count). The maximum atomic E-state index is 5.13. The van der Waals surface area contributed by atoms with Crippen molar-refractivity contribution >= 4 is 0 Å². The Kier molecular flexibility index (Phi) is 1.62. The topological polar surface area (TPSA) is 25.4 Å². The monoisotopic (exact) mass is 149 g/mol. The second-order valence-electron chi connectivity index (χ2n) is 2.76. The Balaban J connectivity index is 2.19. The zero-order chi connectivity index (χ0) is 7.68. The molecular weight excluding hydrogens is 138 g/mol. The fourth-order valence-electron chi connectivity index (χ4n) is 1.08. The molecule has 0 aromatic carbocycles. The van der Waals surface area contributed by atoms with Crippen LogP contribution in [0.4, 0.5) is 0 Å². The smallest absolute Gasteiger partial charge is 0.107 e. The van der Waals surface area contributed by atoms with Crippen LogP contribution in [0.15, 0.2) is 18.3 Å². The first-order chi connectivity index (χ1) is 5.40. The Hall–Kier alpha value is -0.890. The third-order valence-corrected chi connectivity index (χ3v) is 1.91. The number of rotatable bonds is 2. The molecule has 0 bridgehead atoms. The number of ether oxygens (including phenoxy) is 1. The predicted molar refractivity (Wildman–Crippen MR) is 42.3 cm³/mol. The summed E-state index contributed by atoms with van der Waals surface area (Å²) < 4.78 is 5.13. The standard InChI is InChI=1S/C9H11NO/c1-2-8-4-3-7(5-10-8)9-6-11-9/h3-5,9H,2,6H2,1H3. The second kappa shape index (κ2) is 2.62. The van der Waals surface area contributed by atoms with E-state index in [0.29, 0.717) is 6.10 Å². The molecule has 11 heavy (non-hydrogen) atoms. The second-order valence-corrected chi connectivity index (χ2v) is 2.76. The van der Waals surface area contributed by atoms with Crippen LogP contribution in [-0.2, 0) is 11.2 Å². The van der Waals surface area contributed by atoms with Gasteiger partial charge in [-0.1, -0.05) is 13.0 Å². The minimum absolute atomic E-state index is 0.341. The third kappa shape index (κ3) is 1.40. The van der Waals surface area contributed by atoms with Crippen molar-refractivity contribution in [2.45, 2.75) is 19.4 Å². The summed E-state index contributed by atoms with van der Waals surface area (Å²) in [5, 5.41) is 0. The predicted octanol–water partition coefficient (Wildman–Crippen LogP) is 1.72. The first-order valence-corrected chi connectivity index (χ1v) is 3.96. The zero-order valence-corrected chi connectivity index (χ0v) is 6.58. The molecule has 1 saturated heterocycles. The molecule has 1 unspecified atom stereocenters. The Morgan fingerprint density at radius 1 is 1.64 bits per heavy atom. The number of hydrogen-bond donors (Lipinski definition) is 0. The lowest BCUT2D eigenvalue weighted by Crippen LogP contribution is -1.88. The van der Waals surface area contributed by atoms with Crippen LogP contribution in [-0.4, -0.2) is 11.6 Å². The first kappa shape index (κ1) is 6.80. The van der Waals surface area contributed by atoms with Gasteiger partial charge in [0.1, 0.15) is 6.10 Å². The molecule has 2 heterocycles. The molecule has 1 aliphatic heterocycles. The normalized spacial score (nSPS) is 21.7. The van der Waals surface area contributed by atoms with Crippen molar-refractivity contribution in [2.24, 2.45) is 0 Å². The van der Waals surface area contributed by atoms with Crippen LogP contribution in [0.3, 0.4) is 0 Å². The van der Waals surface area contributed by atoms with E-state index < -0.39 is 0 Å². The van der Waals surface area contributed by atoms with E-state index in [9.17, 15) is 0 Å². The maximum Gasteiger partial charge on any atom is 0.107 e. The lowest BCUT2D eigenvalue weighted by Gasteiger charge is -1.96. The van der Waals surface area contributed by atoms with Crippen molar-refractivity contribution in [3.63, 3.8) is 0 Å². The molecule has 0 aliphatic carbocycles. The maximum absolute atomic E-state index is 5.13. The minimum atomic E-state index is 0.341. The average molecular weight is 149 g/mol. The van der Waals surface area contributed by atoms with Crippen LogP contribution in [0.25, 0.3) is 0 Å². The van der Waals surface area contributed by atoms with Gasteiger partial charge < -0.3 is 4.74 Å². The van der Waals surface area contributed by atoms with Gasteiger partial charge in [0.05, 0.1) is 6.61 Å². The van der Waals surface area contributed by atoms with Gasteiger partial charge in [-0.2, -0.15) is 0 Å². The van der Waals surface area contributed by atoms with Gasteiger partial charge in [0.2, 0.25) is 0 Å². The van der Waals surface area contributed by atoms with E-state index in [4.69, 9.17) is 4.74 Å². The highest BCUT2D eigenvalue weighted by atomic mass is 16.6. The van der Waals surface area contributed by atoms with E-state index in [0.717, 1.165) is 18.7 Å². The van der Waals surface area contributed by atoms with Gasteiger partial charge in [-0.3, -0.25) is 4.98 Å². The minimum Gasteiger partial charge on any atom is -0.368 e. The number of nitrogens with zero attached hydrogens (tertiary/aromatic N) is 1. The summed E-state index contributed by atoms with van der Waals surface area (Å²) in [6.45, 7) is 2.97. The molecule has 2 heteroatoms. The lowest BCUT2D eigenvalue weighted by atomic mass is 10.2. The molecule has 0 radical (unpaired) electrons. The van der Waals surface area contributed by atoms with Gasteiger partial charge in [-0.15, -0.1) is 0 Å². The van der Waals surface area contributed by atoms with Crippen molar-refractivity contribution in [1.82, 2.24) is 4.98 Å². The lowest BCUT2D eigenvalue weighted by molar-refractivity contribution is 0.415. The van der Waals surface area contributed by atoms with Crippen molar-refractivity contribution in [3.8, 4) is 0 Å².